The summed E-state index contributed by atoms with van der Waals surface area (Å²) < 4.78 is 0. The molecule has 18 heavy (non-hydrogen) atoms. The number of thiophene rings is 1. The number of rotatable bonds is 4. The van der Waals surface area contributed by atoms with Crippen LogP contribution in [-0.4, -0.2) is 30.1 Å². The highest BCUT2D eigenvalue weighted by Gasteiger charge is 2.20. The summed E-state index contributed by atoms with van der Waals surface area (Å²) in [6, 6.07) is 4.40. The van der Waals surface area contributed by atoms with Crippen molar-refractivity contribution in [2.75, 3.05) is 19.6 Å². The maximum Gasteiger partial charge on any atom is 0.0327 e. The molecule has 1 aromatic rings. The van der Waals surface area contributed by atoms with Crippen molar-refractivity contribution in [3.05, 3.63) is 22.4 Å². The van der Waals surface area contributed by atoms with Gasteiger partial charge in [-0.05, 0) is 70.6 Å². The van der Waals surface area contributed by atoms with Crippen molar-refractivity contribution in [2.45, 2.75) is 45.7 Å². The zero-order valence-electron chi connectivity index (χ0n) is 11.9. The van der Waals surface area contributed by atoms with E-state index in [2.05, 4.69) is 48.5 Å². The molecule has 0 radical (unpaired) electrons. The molecule has 3 heteroatoms. The van der Waals surface area contributed by atoms with Crippen LogP contribution < -0.4 is 5.32 Å². The van der Waals surface area contributed by atoms with E-state index in [4.69, 9.17) is 0 Å². The number of likely N-dealkylation sites (tertiary alicyclic amines) is 1. The molecule has 0 amide bonds. The molecule has 1 aliphatic rings. The highest BCUT2D eigenvalue weighted by molar-refractivity contribution is 7.09. The molecular formula is C15H26N2S. The molecule has 102 valence electrons. The quantitative estimate of drug-likeness (QED) is 0.899. The highest BCUT2D eigenvalue weighted by Crippen LogP contribution is 2.20. The molecule has 0 bridgehead atoms. The molecule has 2 heterocycles. The predicted molar refractivity (Wildman–Crippen MR) is 80.1 cm³/mol. The Hall–Kier alpha value is -0.380. The number of nitrogens with zero attached hydrogens (tertiary/aromatic N) is 1. The van der Waals surface area contributed by atoms with Crippen molar-refractivity contribution >= 4 is 11.3 Å². The van der Waals surface area contributed by atoms with Crippen LogP contribution in [0.2, 0.25) is 0 Å². The molecule has 1 N–H and O–H groups in total. The monoisotopic (exact) mass is 266 g/mol. The molecule has 1 aliphatic heterocycles. The molecule has 0 spiro atoms. The lowest BCUT2D eigenvalue weighted by atomic mass is 9.95. The molecule has 0 saturated carbocycles. The SMILES string of the molecule is CC(C)(C)NCC1CCN(Cc2cccs2)CC1. The van der Waals surface area contributed by atoms with E-state index < -0.39 is 0 Å². The lowest BCUT2D eigenvalue weighted by Crippen LogP contribution is -2.42. The Bertz CT molecular complexity index is 332. The Morgan fingerprint density at radius 1 is 1.33 bits per heavy atom. The van der Waals surface area contributed by atoms with Gasteiger partial charge in [-0.1, -0.05) is 6.07 Å². The predicted octanol–water partition coefficient (Wildman–Crippen LogP) is 3.35. The van der Waals surface area contributed by atoms with Crippen LogP contribution in [0.15, 0.2) is 17.5 Å². The van der Waals surface area contributed by atoms with Crippen molar-refractivity contribution in [1.29, 1.82) is 0 Å². The summed E-state index contributed by atoms with van der Waals surface area (Å²) >= 11 is 1.88. The second kappa shape index (κ2) is 6.18. The number of hydrogen-bond donors (Lipinski definition) is 1. The Morgan fingerprint density at radius 2 is 2.06 bits per heavy atom. The van der Waals surface area contributed by atoms with Crippen molar-refractivity contribution in [3.8, 4) is 0 Å². The van der Waals surface area contributed by atoms with Crippen molar-refractivity contribution in [3.63, 3.8) is 0 Å². The summed E-state index contributed by atoms with van der Waals surface area (Å²) in [5, 5.41) is 5.81. The van der Waals surface area contributed by atoms with Crippen LogP contribution in [0.3, 0.4) is 0 Å². The van der Waals surface area contributed by atoms with Gasteiger partial charge >= 0.3 is 0 Å². The third-order valence-corrected chi connectivity index (χ3v) is 4.45. The molecule has 2 nitrogen and oxygen atoms in total. The zero-order valence-corrected chi connectivity index (χ0v) is 12.7. The molecule has 0 unspecified atom stereocenters. The van der Waals surface area contributed by atoms with E-state index in [1.807, 2.05) is 11.3 Å². The van der Waals surface area contributed by atoms with Gasteiger partial charge in [0.25, 0.3) is 0 Å². The Balaban J connectivity index is 1.68. The van der Waals surface area contributed by atoms with Gasteiger partial charge in [0, 0.05) is 17.0 Å². The average Bonchev–Trinajstić information content (AvgIpc) is 2.80. The first-order valence-corrected chi connectivity index (χ1v) is 7.91. The average molecular weight is 266 g/mol. The second-order valence-corrected chi connectivity index (χ2v) is 7.46. The fraction of sp³-hybridized carbons (Fsp3) is 0.733. The van der Waals surface area contributed by atoms with Gasteiger partial charge in [-0.25, -0.2) is 0 Å². The van der Waals surface area contributed by atoms with E-state index >= 15 is 0 Å². The molecule has 2 rings (SSSR count). The molecule has 0 atom stereocenters. The maximum atomic E-state index is 3.64. The van der Waals surface area contributed by atoms with Crippen molar-refractivity contribution in [1.82, 2.24) is 10.2 Å². The van der Waals surface area contributed by atoms with Gasteiger partial charge in [-0.15, -0.1) is 11.3 Å². The van der Waals surface area contributed by atoms with Gasteiger partial charge < -0.3 is 5.32 Å². The summed E-state index contributed by atoms with van der Waals surface area (Å²) in [5.41, 5.74) is 0.258. The first-order chi connectivity index (χ1) is 8.53. The normalized spacial score (nSPS) is 19.3. The Morgan fingerprint density at radius 3 is 2.61 bits per heavy atom. The summed E-state index contributed by atoms with van der Waals surface area (Å²) in [4.78, 5) is 4.10. The summed E-state index contributed by atoms with van der Waals surface area (Å²) in [7, 11) is 0. The lowest BCUT2D eigenvalue weighted by molar-refractivity contribution is 0.171. The second-order valence-electron chi connectivity index (χ2n) is 6.43. The molecule has 1 fully saturated rings. The Labute approximate surface area is 115 Å². The van der Waals surface area contributed by atoms with Crippen molar-refractivity contribution < 1.29 is 0 Å². The van der Waals surface area contributed by atoms with Gasteiger partial charge in [0.1, 0.15) is 0 Å². The summed E-state index contributed by atoms with van der Waals surface area (Å²) in [6.45, 7) is 11.6. The first kappa shape index (κ1) is 14.0. The van der Waals surface area contributed by atoms with Crippen LogP contribution in [0.1, 0.15) is 38.5 Å². The highest BCUT2D eigenvalue weighted by atomic mass is 32.1. The fourth-order valence-corrected chi connectivity index (χ4v) is 3.17. The zero-order chi connectivity index (χ0) is 13.0. The number of hydrogen-bond acceptors (Lipinski definition) is 3. The van der Waals surface area contributed by atoms with Crippen LogP contribution in [-0.2, 0) is 6.54 Å². The molecular weight excluding hydrogens is 240 g/mol. The third kappa shape index (κ3) is 4.71. The molecule has 0 aromatic carbocycles. The number of piperidine rings is 1. The summed E-state index contributed by atoms with van der Waals surface area (Å²) in [5.74, 6) is 0.865. The van der Waals surface area contributed by atoms with E-state index in [1.54, 1.807) is 0 Å². The first-order valence-electron chi connectivity index (χ1n) is 7.03. The number of nitrogens with one attached hydrogen (secondary N) is 1. The van der Waals surface area contributed by atoms with Crippen LogP contribution in [0.25, 0.3) is 0 Å². The fourth-order valence-electron chi connectivity index (χ4n) is 2.42. The lowest BCUT2D eigenvalue weighted by Gasteiger charge is -2.33. The standard InChI is InChI=1S/C15H26N2S/c1-15(2,3)16-11-13-6-8-17(9-7-13)12-14-5-4-10-18-14/h4-5,10,13,16H,6-9,11-12H2,1-3H3. The van der Waals surface area contributed by atoms with Crippen LogP contribution in [0, 0.1) is 5.92 Å². The van der Waals surface area contributed by atoms with E-state index in [0.717, 1.165) is 12.5 Å². The van der Waals surface area contributed by atoms with Crippen molar-refractivity contribution in [2.24, 2.45) is 5.92 Å². The van der Waals surface area contributed by atoms with Crippen LogP contribution >= 0.6 is 11.3 Å². The van der Waals surface area contributed by atoms with Gasteiger partial charge in [-0.3, -0.25) is 4.90 Å². The third-order valence-electron chi connectivity index (χ3n) is 3.59. The maximum absolute atomic E-state index is 3.64. The van der Waals surface area contributed by atoms with E-state index in [9.17, 15) is 0 Å². The molecule has 0 aliphatic carbocycles. The molecule has 1 aromatic heterocycles. The largest absolute Gasteiger partial charge is 0.312 e. The minimum Gasteiger partial charge on any atom is -0.312 e. The van der Waals surface area contributed by atoms with Crippen LogP contribution in [0.5, 0.6) is 0 Å². The van der Waals surface area contributed by atoms with Crippen LogP contribution in [0.4, 0.5) is 0 Å². The summed E-state index contributed by atoms with van der Waals surface area (Å²) in [6.07, 6.45) is 2.68. The Kier molecular flexibility index (Phi) is 4.82. The van der Waals surface area contributed by atoms with E-state index in [-0.39, 0.29) is 5.54 Å². The van der Waals surface area contributed by atoms with E-state index in [0.29, 0.717) is 0 Å². The van der Waals surface area contributed by atoms with Gasteiger partial charge in [0.2, 0.25) is 0 Å². The van der Waals surface area contributed by atoms with E-state index in [1.165, 1.54) is 37.4 Å². The minimum atomic E-state index is 0.258. The van der Waals surface area contributed by atoms with Gasteiger partial charge in [0.15, 0.2) is 0 Å². The minimum absolute atomic E-state index is 0.258. The smallest absolute Gasteiger partial charge is 0.0327 e. The molecule has 1 saturated heterocycles. The van der Waals surface area contributed by atoms with Gasteiger partial charge in [0.05, 0.1) is 0 Å². The topological polar surface area (TPSA) is 15.3 Å². The van der Waals surface area contributed by atoms with Gasteiger partial charge in [-0.2, -0.15) is 0 Å².